The van der Waals surface area contributed by atoms with Crippen LogP contribution in [0.1, 0.15) is 0 Å². The van der Waals surface area contributed by atoms with Gasteiger partial charge >= 0.3 is 0 Å². The van der Waals surface area contributed by atoms with Crippen molar-refractivity contribution in [2.24, 2.45) is 0 Å². The minimum Gasteiger partial charge on any atom is -0.222 e. The van der Waals surface area contributed by atoms with Crippen LogP contribution in [0.15, 0.2) is 35.5 Å². The van der Waals surface area contributed by atoms with Gasteiger partial charge in [0.05, 0.1) is 11.9 Å². The highest BCUT2D eigenvalue weighted by atomic mass is 35.5. The summed E-state index contributed by atoms with van der Waals surface area (Å²) >= 11 is 5.46. The zero-order chi connectivity index (χ0) is 11.6. The van der Waals surface area contributed by atoms with Crippen molar-refractivity contribution < 1.29 is 8.42 Å². The molecule has 2 aromatic rings. The van der Waals surface area contributed by atoms with Gasteiger partial charge in [-0.15, -0.1) is 16.7 Å². The van der Waals surface area contributed by atoms with E-state index in [0.29, 0.717) is 5.39 Å². The summed E-state index contributed by atoms with van der Waals surface area (Å²) in [5.41, 5.74) is 0. The van der Waals surface area contributed by atoms with Crippen LogP contribution in [0.3, 0.4) is 0 Å². The Labute approximate surface area is 98.2 Å². The van der Waals surface area contributed by atoms with Crippen molar-refractivity contribution in [2.45, 2.75) is 5.03 Å². The van der Waals surface area contributed by atoms with Crippen molar-refractivity contribution in [3.8, 4) is 0 Å². The van der Waals surface area contributed by atoms with Crippen LogP contribution in [0.4, 0.5) is 0 Å². The molecular formula is C10H9ClN2O2S. The number of rotatable bonds is 3. The molecule has 0 fully saturated rings. The third kappa shape index (κ3) is 2.01. The molecule has 0 radical (unpaired) electrons. The molecule has 0 saturated carbocycles. The zero-order valence-corrected chi connectivity index (χ0v) is 9.87. The third-order valence-electron chi connectivity index (χ3n) is 2.18. The Morgan fingerprint density at radius 3 is 2.75 bits per heavy atom. The van der Waals surface area contributed by atoms with Crippen molar-refractivity contribution >= 4 is 32.2 Å². The first-order chi connectivity index (χ1) is 7.65. The number of hydrogen-bond acceptors (Lipinski definition) is 4. The molecule has 16 heavy (non-hydrogen) atoms. The molecule has 0 unspecified atom stereocenters. The van der Waals surface area contributed by atoms with E-state index in [-0.39, 0.29) is 16.7 Å². The number of benzene rings is 1. The first-order valence-corrected chi connectivity index (χ1v) is 6.83. The lowest BCUT2D eigenvalue weighted by atomic mass is 10.2. The minimum atomic E-state index is -3.44. The van der Waals surface area contributed by atoms with E-state index in [1.54, 1.807) is 18.2 Å². The second kappa shape index (κ2) is 4.35. The molecule has 1 heterocycles. The molecule has 0 aliphatic carbocycles. The summed E-state index contributed by atoms with van der Waals surface area (Å²) in [4.78, 5) is 0. The van der Waals surface area contributed by atoms with Crippen molar-refractivity contribution in [3.05, 3.63) is 30.5 Å². The Morgan fingerprint density at radius 2 is 2.00 bits per heavy atom. The Morgan fingerprint density at radius 1 is 1.25 bits per heavy atom. The van der Waals surface area contributed by atoms with Gasteiger partial charge in [0.15, 0.2) is 14.9 Å². The lowest BCUT2D eigenvalue weighted by Crippen LogP contribution is -2.11. The van der Waals surface area contributed by atoms with Crippen molar-refractivity contribution in [2.75, 3.05) is 11.6 Å². The smallest absolute Gasteiger partial charge is 0.199 e. The molecule has 0 spiro atoms. The summed E-state index contributed by atoms with van der Waals surface area (Å²) in [5.74, 6) is -0.0789. The van der Waals surface area contributed by atoms with Crippen LogP contribution in [0.5, 0.6) is 0 Å². The molecule has 0 bridgehead atoms. The van der Waals surface area contributed by atoms with E-state index >= 15 is 0 Å². The van der Waals surface area contributed by atoms with E-state index in [9.17, 15) is 8.42 Å². The van der Waals surface area contributed by atoms with Crippen LogP contribution in [-0.2, 0) is 9.84 Å². The van der Waals surface area contributed by atoms with Crippen LogP contribution in [0.25, 0.3) is 10.8 Å². The van der Waals surface area contributed by atoms with Crippen molar-refractivity contribution in [3.63, 3.8) is 0 Å². The van der Waals surface area contributed by atoms with E-state index in [0.717, 1.165) is 5.39 Å². The Balaban J connectivity index is 2.70. The first-order valence-electron chi connectivity index (χ1n) is 4.64. The van der Waals surface area contributed by atoms with Gasteiger partial charge in [0.2, 0.25) is 0 Å². The molecule has 0 N–H and O–H groups in total. The Kier molecular flexibility index (Phi) is 3.07. The number of sulfone groups is 1. The maximum Gasteiger partial charge on any atom is 0.199 e. The second-order valence-corrected chi connectivity index (χ2v) is 5.65. The van der Waals surface area contributed by atoms with Gasteiger partial charge in [-0.1, -0.05) is 24.3 Å². The third-order valence-corrected chi connectivity index (χ3v) is 4.22. The van der Waals surface area contributed by atoms with Gasteiger partial charge in [0.1, 0.15) is 0 Å². The van der Waals surface area contributed by atoms with E-state index in [2.05, 4.69) is 10.2 Å². The average Bonchev–Trinajstić information content (AvgIpc) is 2.28. The molecule has 2 rings (SSSR count). The summed E-state index contributed by atoms with van der Waals surface area (Å²) in [6.45, 7) is 0. The monoisotopic (exact) mass is 256 g/mol. The summed E-state index contributed by atoms with van der Waals surface area (Å²) in [6, 6.07) is 7.10. The van der Waals surface area contributed by atoms with Crippen LogP contribution in [0.2, 0.25) is 0 Å². The van der Waals surface area contributed by atoms with E-state index in [1.165, 1.54) is 6.20 Å². The van der Waals surface area contributed by atoms with Crippen LogP contribution < -0.4 is 0 Å². The number of fused-ring (bicyclic) bond motifs is 1. The SMILES string of the molecule is O=S(=O)(CCCl)c1nncc2ccccc12. The molecule has 0 atom stereocenters. The molecule has 1 aromatic heterocycles. The maximum atomic E-state index is 11.9. The highest BCUT2D eigenvalue weighted by Crippen LogP contribution is 2.20. The van der Waals surface area contributed by atoms with Gasteiger partial charge in [-0.05, 0) is 0 Å². The van der Waals surface area contributed by atoms with Crippen LogP contribution in [-0.4, -0.2) is 30.2 Å². The molecule has 84 valence electrons. The summed E-state index contributed by atoms with van der Waals surface area (Å²) in [7, 11) is -3.44. The standard InChI is InChI=1S/C10H9ClN2O2S/c11-5-6-16(14,15)10-9-4-2-1-3-8(9)7-12-13-10/h1-4,7H,5-6H2. The molecule has 4 nitrogen and oxygen atoms in total. The fourth-order valence-electron chi connectivity index (χ4n) is 1.43. The van der Waals surface area contributed by atoms with Crippen LogP contribution in [0, 0.1) is 0 Å². The lowest BCUT2D eigenvalue weighted by Gasteiger charge is -2.04. The summed E-state index contributed by atoms with van der Waals surface area (Å²) in [6.07, 6.45) is 1.54. The van der Waals surface area contributed by atoms with Gasteiger partial charge in [0, 0.05) is 16.7 Å². The van der Waals surface area contributed by atoms with Gasteiger partial charge in [-0.25, -0.2) is 8.42 Å². The number of alkyl halides is 1. The first kappa shape index (κ1) is 11.3. The largest absolute Gasteiger partial charge is 0.222 e. The van der Waals surface area contributed by atoms with Gasteiger partial charge < -0.3 is 0 Å². The Bertz CT molecular complexity index is 608. The number of nitrogens with zero attached hydrogens (tertiary/aromatic N) is 2. The van der Waals surface area contributed by atoms with Gasteiger partial charge in [-0.3, -0.25) is 0 Å². The van der Waals surface area contributed by atoms with Gasteiger partial charge in [-0.2, -0.15) is 5.10 Å². The van der Waals surface area contributed by atoms with E-state index in [4.69, 9.17) is 11.6 Å². The second-order valence-electron chi connectivity index (χ2n) is 3.24. The molecular weight excluding hydrogens is 248 g/mol. The quantitative estimate of drug-likeness (QED) is 0.784. The molecule has 0 amide bonds. The topological polar surface area (TPSA) is 59.9 Å². The predicted octanol–water partition coefficient (Wildman–Crippen LogP) is 1.64. The maximum absolute atomic E-state index is 11.9. The molecule has 0 saturated heterocycles. The van der Waals surface area contributed by atoms with Crippen molar-refractivity contribution in [1.82, 2.24) is 10.2 Å². The van der Waals surface area contributed by atoms with Crippen LogP contribution >= 0.6 is 11.6 Å². The fourth-order valence-corrected chi connectivity index (χ4v) is 3.13. The van der Waals surface area contributed by atoms with Crippen molar-refractivity contribution in [1.29, 1.82) is 0 Å². The predicted molar refractivity (Wildman–Crippen MR) is 62.3 cm³/mol. The molecule has 0 aliphatic rings. The fraction of sp³-hybridized carbons (Fsp3) is 0.200. The zero-order valence-electron chi connectivity index (χ0n) is 8.30. The van der Waals surface area contributed by atoms with E-state index < -0.39 is 9.84 Å². The number of halogens is 1. The van der Waals surface area contributed by atoms with Gasteiger partial charge in [0.25, 0.3) is 0 Å². The Hall–Kier alpha value is -1.20. The molecule has 0 aliphatic heterocycles. The highest BCUT2D eigenvalue weighted by Gasteiger charge is 2.18. The van der Waals surface area contributed by atoms with E-state index in [1.807, 2.05) is 6.07 Å². The summed E-state index contributed by atoms with van der Waals surface area (Å²) in [5, 5.41) is 8.74. The normalized spacial score (nSPS) is 11.8. The lowest BCUT2D eigenvalue weighted by molar-refractivity contribution is 0.593. The minimum absolute atomic E-state index is 0.00579. The average molecular weight is 257 g/mol. The number of hydrogen-bond donors (Lipinski definition) is 0. The highest BCUT2D eigenvalue weighted by molar-refractivity contribution is 7.91. The molecule has 1 aromatic carbocycles. The molecule has 6 heteroatoms. The summed E-state index contributed by atoms with van der Waals surface area (Å²) < 4.78 is 23.7. The number of aromatic nitrogens is 2.